The SMILES string of the molecule is CN(C)CCc1c[nH]c2ccc(C(=O)NCCc3ccc(NS(C)(=O)=O)cc3)cc12. The van der Waals surface area contributed by atoms with Gasteiger partial charge in [-0.25, -0.2) is 8.42 Å². The number of aromatic nitrogens is 1. The van der Waals surface area contributed by atoms with E-state index in [9.17, 15) is 13.2 Å². The molecule has 0 unspecified atom stereocenters. The van der Waals surface area contributed by atoms with E-state index in [1.165, 1.54) is 5.56 Å². The van der Waals surface area contributed by atoms with Gasteiger partial charge in [0.1, 0.15) is 0 Å². The quantitative estimate of drug-likeness (QED) is 0.488. The molecule has 0 radical (unpaired) electrons. The van der Waals surface area contributed by atoms with Gasteiger partial charge in [-0.1, -0.05) is 12.1 Å². The number of hydrogen-bond donors (Lipinski definition) is 3. The lowest BCUT2D eigenvalue weighted by Crippen LogP contribution is -2.25. The van der Waals surface area contributed by atoms with E-state index in [1.54, 1.807) is 12.1 Å². The highest BCUT2D eigenvalue weighted by Gasteiger charge is 2.10. The number of likely N-dealkylation sites (N-methyl/N-ethyl adjacent to an activating group) is 1. The number of amides is 1. The van der Waals surface area contributed by atoms with Crippen molar-refractivity contribution in [3.63, 3.8) is 0 Å². The Labute approximate surface area is 177 Å². The van der Waals surface area contributed by atoms with Gasteiger partial charge >= 0.3 is 0 Å². The van der Waals surface area contributed by atoms with Crippen molar-refractivity contribution in [2.45, 2.75) is 12.8 Å². The van der Waals surface area contributed by atoms with Gasteiger partial charge in [0.2, 0.25) is 10.0 Å². The summed E-state index contributed by atoms with van der Waals surface area (Å²) < 4.78 is 24.9. The van der Waals surface area contributed by atoms with Crippen molar-refractivity contribution < 1.29 is 13.2 Å². The van der Waals surface area contributed by atoms with Crippen molar-refractivity contribution in [2.75, 3.05) is 38.2 Å². The summed E-state index contributed by atoms with van der Waals surface area (Å²) in [6.07, 6.45) is 4.71. The Morgan fingerprint density at radius 2 is 1.80 bits per heavy atom. The van der Waals surface area contributed by atoms with Gasteiger partial charge in [0, 0.05) is 41.4 Å². The molecule has 0 aliphatic heterocycles. The maximum atomic E-state index is 12.6. The first-order valence-electron chi connectivity index (χ1n) is 9.81. The van der Waals surface area contributed by atoms with Crippen LogP contribution in [0.2, 0.25) is 0 Å². The summed E-state index contributed by atoms with van der Waals surface area (Å²) in [7, 11) is 0.807. The van der Waals surface area contributed by atoms with Crippen LogP contribution in [-0.4, -0.2) is 57.6 Å². The smallest absolute Gasteiger partial charge is 0.251 e. The standard InChI is InChI=1S/C22H28N4O3S/c1-26(2)13-11-18-15-24-21-9-6-17(14-20(18)21)22(27)23-12-10-16-4-7-19(8-5-16)25-30(3,28)29/h4-9,14-15,24-25H,10-13H2,1-3H3,(H,23,27). The van der Waals surface area contributed by atoms with E-state index in [1.807, 2.05) is 50.6 Å². The first kappa shape index (κ1) is 21.9. The molecule has 30 heavy (non-hydrogen) atoms. The van der Waals surface area contributed by atoms with E-state index in [4.69, 9.17) is 0 Å². The first-order chi connectivity index (χ1) is 14.2. The largest absolute Gasteiger partial charge is 0.361 e. The summed E-state index contributed by atoms with van der Waals surface area (Å²) in [6, 6.07) is 12.8. The zero-order valence-electron chi connectivity index (χ0n) is 17.5. The van der Waals surface area contributed by atoms with Crippen LogP contribution in [0.1, 0.15) is 21.5 Å². The molecule has 0 aliphatic rings. The molecule has 3 aromatic rings. The lowest BCUT2D eigenvalue weighted by atomic mass is 10.1. The third-order valence-electron chi connectivity index (χ3n) is 4.81. The number of H-pyrrole nitrogens is 1. The zero-order valence-corrected chi connectivity index (χ0v) is 18.3. The fourth-order valence-electron chi connectivity index (χ4n) is 3.25. The number of benzene rings is 2. The average molecular weight is 429 g/mol. The third kappa shape index (κ3) is 6.08. The van der Waals surface area contributed by atoms with Gasteiger partial charge in [-0.05, 0) is 68.4 Å². The van der Waals surface area contributed by atoms with Crippen LogP contribution < -0.4 is 10.0 Å². The second kappa shape index (κ2) is 9.32. The highest BCUT2D eigenvalue weighted by molar-refractivity contribution is 7.92. The summed E-state index contributed by atoms with van der Waals surface area (Å²) in [6.45, 7) is 1.44. The molecule has 3 N–H and O–H groups in total. The van der Waals surface area contributed by atoms with Gasteiger partial charge in [-0.3, -0.25) is 9.52 Å². The summed E-state index contributed by atoms with van der Waals surface area (Å²) in [4.78, 5) is 18.0. The van der Waals surface area contributed by atoms with Crippen LogP contribution in [0, 0.1) is 0 Å². The Hall–Kier alpha value is -2.84. The Balaban J connectivity index is 1.58. The van der Waals surface area contributed by atoms with Crippen molar-refractivity contribution in [1.82, 2.24) is 15.2 Å². The van der Waals surface area contributed by atoms with Crippen molar-refractivity contribution in [3.8, 4) is 0 Å². The number of nitrogens with one attached hydrogen (secondary N) is 3. The van der Waals surface area contributed by atoms with Gasteiger partial charge in [-0.2, -0.15) is 0 Å². The lowest BCUT2D eigenvalue weighted by Gasteiger charge is -2.09. The number of carbonyl (C=O) groups is 1. The van der Waals surface area contributed by atoms with Crippen LogP contribution >= 0.6 is 0 Å². The molecule has 160 valence electrons. The van der Waals surface area contributed by atoms with Crippen LogP contribution in [0.15, 0.2) is 48.7 Å². The van der Waals surface area contributed by atoms with E-state index in [0.717, 1.165) is 35.7 Å². The number of aromatic amines is 1. The molecule has 1 heterocycles. The zero-order chi connectivity index (χ0) is 21.7. The van der Waals surface area contributed by atoms with Gasteiger partial charge < -0.3 is 15.2 Å². The van der Waals surface area contributed by atoms with Gasteiger partial charge in [0.05, 0.1) is 6.26 Å². The van der Waals surface area contributed by atoms with Crippen molar-refractivity contribution >= 4 is 32.5 Å². The highest BCUT2D eigenvalue weighted by Crippen LogP contribution is 2.20. The summed E-state index contributed by atoms with van der Waals surface area (Å²) >= 11 is 0. The van der Waals surface area contributed by atoms with Gasteiger partial charge in [0.15, 0.2) is 0 Å². The van der Waals surface area contributed by atoms with Crippen molar-refractivity contribution in [3.05, 3.63) is 65.4 Å². The molecule has 1 amide bonds. The minimum atomic E-state index is -3.28. The van der Waals surface area contributed by atoms with Crippen LogP contribution in [0.5, 0.6) is 0 Å². The van der Waals surface area contributed by atoms with Crippen LogP contribution in [0.25, 0.3) is 10.9 Å². The second-order valence-electron chi connectivity index (χ2n) is 7.70. The molecule has 3 rings (SSSR count). The molecular weight excluding hydrogens is 400 g/mol. The number of carbonyl (C=O) groups excluding carboxylic acids is 1. The molecule has 0 bridgehead atoms. The normalized spacial score (nSPS) is 11.7. The van der Waals surface area contributed by atoms with Gasteiger partial charge in [-0.15, -0.1) is 0 Å². The predicted molar refractivity (Wildman–Crippen MR) is 122 cm³/mol. The number of anilines is 1. The molecular formula is C22H28N4O3S. The number of sulfonamides is 1. The van der Waals surface area contributed by atoms with E-state index in [2.05, 4.69) is 19.9 Å². The molecule has 0 aliphatic carbocycles. The maximum Gasteiger partial charge on any atom is 0.251 e. The number of fused-ring (bicyclic) bond motifs is 1. The number of nitrogens with zero attached hydrogens (tertiary/aromatic N) is 1. The maximum absolute atomic E-state index is 12.6. The Bertz CT molecular complexity index is 1120. The highest BCUT2D eigenvalue weighted by atomic mass is 32.2. The fourth-order valence-corrected chi connectivity index (χ4v) is 3.81. The van der Waals surface area contributed by atoms with E-state index >= 15 is 0 Å². The molecule has 0 saturated heterocycles. The lowest BCUT2D eigenvalue weighted by molar-refractivity contribution is 0.0954. The second-order valence-corrected chi connectivity index (χ2v) is 9.45. The van der Waals surface area contributed by atoms with E-state index in [0.29, 0.717) is 24.2 Å². The van der Waals surface area contributed by atoms with E-state index < -0.39 is 10.0 Å². The predicted octanol–water partition coefficient (Wildman–Crippen LogP) is 2.62. The number of hydrogen-bond acceptors (Lipinski definition) is 4. The molecule has 0 saturated carbocycles. The molecule has 0 fully saturated rings. The Kier molecular flexibility index (Phi) is 6.79. The molecule has 0 spiro atoms. The fraction of sp³-hybridized carbons (Fsp3) is 0.318. The molecule has 2 aromatic carbocycles. The van der Waals surface area contributed by atoms with Crippen molar-refractivity contribution in [1.29, 1.82) is 0 Å². The van der Waals surface area contributed by atoms with Crippen LogP contribution in [0.4, 0.5) is 5.69 Å². The van der Waals surface area contributed by atoms with Crippen molar-refractivity contribution in [2.24, 2.45) is 0 Å². The minimum absolute atomic E-state index is 0.105. The minimum Gasteiger partial charge on any atom is -0.361 e. The Morgan fingerprint density at radius 3 is 2.47 bits per heavy atom. The summed E-state index contributed by atoms with van der Waals surface area (Å²) in [5.41, 5.74) is 4.41. The summed E-state index contributed by atoms with van der Waals surface area (Å²) in [5, 5.41) is 4.04. The topological polar surface area (TPSA) is 94.3 Å². The van der Waals surface area contributed by atoms with Gasteiger partial charge in [0.25, 0.3) is 5.91 Å². The first-order valence-corrected chi connectivity index (χ1v) is 11.7. The third-order valence-corrected chi connectivity index (χ3v) is 5.42. The van der Waals surface area contributed by atoms with Crippen LogP contribution in [0.3, 0.4) is 0 Å². The molecule has 1 aromatic heterocycles. The Morgan fingerprint density at radius 1 is 1.07 bits per heavy atom. The molecule has 8 heteroatoms. The average Bonchev–Trinajstić information content (AvgIpc) is 3.08. The molecule has 7 nitrogen and oxygen atoms in total. The summed E-state index contributed by atoms with van der Waals surface area (Å²) in [5.74, 6) is -0.105. The monoisotopic (exact) mass is 428 g/mol. The van der Waals surface area contributed by atoms with E-state index in [-0.39, 0.29) is 5.91 Å². The number of rotatable bonds is 9. The van der Waals surface area contributed by atoms with Crippen LogP contribution in [-0.2, 0) is 22.9 Å². The molecule has 0 atom stereocenters.